The van der Waals surface area contributed by atoms with Crippen LogP contribution in [0.25, 0.3) is 0 Å². The molecule has 0 unspecified atom stereocenters. The lowest BCUT2D eigenvalue weighted by Gasteiger charge is -2.18. The SMILES string of the molecule is Cc1cc(C#Cc2ccccc2)cc(F)c1NC(=O)c1cc(NC(=O)OCC(C)(C)C)ccc1Cl. The Morgan fingerprint density at radius 2 is 1.66 bits per heavy atom. The van der Waals surface area contributed by atoms with Crippen LogP contribution in [0.1, 0.15) is 47.8 Å². The zero-order chi connectivity index (χ0) is 25.6. The molecule has 3 aromatic rings. The van der Waals surface area contributed by atoms with Crippen LogP contribution >= 0.6 is 11.6 Å². The summed E-state index contributed by atoms with van der Waals surface area (Å²) in [5.74, 6) is 4.68. The Bertz CT molecular complexity index is 1280. The van der Waals surface area contributed by atoms with Gasteiger partial charge in [0.05, 0.1) is 22.9 Å². The quantitative estimate of drug-likeness (QED) is 0.384. The van der Waals surface area contributed by atoms with Gasteiger partial charge >= 0.3 is 6.09 Å². The zero-order valence-electron chi connectivity index (χ0n) is 20.0. The van der Waals surface area contributed by atoms with Gasteiger partial charge in [-0.3, -0.25) is 10.1 Å². The van der Waals surface area contributed by atoms with Gasteiger partial charge in [0, 0.05) is 16.8 Å². The van der Waals surface area contributed by atoms with E-state index in [9.17, 15) is 14.0 Å². The van der Waals surface area contributed by atoms with Crippen LogP contribution in [-0.4, -0.2) is 18.6 Å². The molecule has 0 bridgehead atoms. The fourth-order valence-electron chi connectivity index (χ4n) is 3.03. The normalized spacial score (nSPS) is 10.7. The third-order valence-corrected chi connectivity index (χ3v) is 5.07. The topological polar surface area (TPSA) is 67.4 Å². The lowest BCUT2D eigenvalue weighted by Crippen LogP contribution is -2.22. The molecular weight excluding hydrogens is 467 g/mol. The van der Waals surface area contributed by atoms with Gasteiger partial charge in [0.2, 0.25) is 0 Å². The van der Waals surface area contributed by atoms with E-state index in [4.69, 9.17) is 16.3 Å². The minimum absolute atomic E-state index is 0.0271. The van der Waals surface area contributed by atoms with Crippen molar-refractivity contribution in [1.29, 1.82) is 0 Å². The predicted octanol–water partition coefficient (Wildman–Crippen LogP) is 7.03. The van der Waals surface area contributed by atoms with Crippen LogP contribution in [0, 0.1) is 30.0 Å². The smallest absolute Gasteiger partial charge is 0.411 e. The van der Waals surface area contributed by atoms with E-state index < -0.39 is 17.8 Å². The number of ether oxygens (including phenoxy) is 1. The molecule has 3 rings (SSSR count). The number of rotatable bonds is 4. The Kier molecular flexibility index (Phi) is 8.16. The highest BCUT2D eigenvalue weighted by Crippen LogP contribution is 2.26. The molecule has 0 fully saturated rings. The Labute approximate surface area is 209 Å². The zero-order valence-corrected chi connectivity index (χ0v) is 20.7. The van der Waals surface area contributed by atoms with Crippen LogP contribution in [0.5, 0.6) is 0 Å². The second-order valence-electron chi connectivity index (χ2n) is 9.18. The molecule has 0 aliphatic rings. The van der Waals surface area contributed by atoms with Crippen molar-refractivity contribution >= 4 is 35.0 Å². The molecule has 180 valence electrons. The number of hydrogen-bond acceptors (Lipinski definition) is 3. The van der Waals surface area contributed by atoms with E-state index in [2.05, 4.69) is 22.5 Å². The van der Waals surface area contributed by atoms with Crippen molar-refractivity contribution in [3.8, 4) is 11.8 Å². The maximum atomic E-state index is 14.9. The van der Waals surface area contributed by atoms with Gasteiger partial charge < -0.3 is 10.1 Å². The van der Waals surface area contributed by atoms with Crippen molar-refractivity contribution in [2.45, 2.75) is 27.7 Å². The molecule has 2 amide bonds. The predicted molar refractivity (Wildman–Crippen MR) is 137 cm³/mol. The lowest BCUT2D eigenvalue weighted by atomic mass is 9.99. The maximum absolute atomic E-state index is 14.9. The second kappa shape index (κ2) is 11.1. The van der Waals surface area contributed by atoms with E-state index in [-0.39, 0.29) is 28.3 Å². The van der Waals surface area contributed by atoms with Crippen molar-refractivity contribution in [2.75, 3.05) is 17.2 Å². The van der Waals surface area contributed by atoms with Gasteiger partial charge in [-0.2, -0.15) is 0 Å². The van der Waals surface area contributed by atoms with Crippen molar-refractivity contribution < 1.29 is 18.7 Å². The van der Waals surface area contributed by atoms with Gasteiger partial charge in [-0.05, 0) is 60.4 Å². The maximum Gasteiger partial charge on any atom is 0.411 e. The first kappa shape index (κ1) is 25.8. The molecule has 0 spiro atoms. The Morgan fingerprint density at radius 3 is 2.31 bits per heavy atom. The lowest BCUT2D eigenvalue weighted by molar-refractivity contribution is 0.102. The first-order valence-electron chi connectivity index (χ1n) is 10.9. The molecule has 0 saturated carbocycles. The van der Waals surface area contributed by atoms with E-state index >= 15 is 0 Å². The minimum atomic E-state index is -0.650. The molecule has 0 heterocycles. The molecule has 0 aliphatic heterocycles. The van der Waals surface area contributed by atoms with E-state index in [1.165, 1.54) is 18.2 Å². The van der Waals surface area contributed by atoms with Crippen molar-refractivity contribution in [3.05, 3.63) is 93.8 Å². The molecule has 2 N–H and O–H groups in total. The molecule has 0 atom stereocenters. The fraction of sp³-hybridized carbons (Fsp3) is 0.214. The first-order valence-corrected chi connectivity index (χ1v) is 11.3. The van der Waals surface area contributed by atoms with Crippen LogP contribution < -0.4 is 10.6 Å². The second-order valence-corrected chi connectivity index (χ2v) is 9.58. The average Bonchev–Trinajstić information content (AvgIpc) is 2.80. The number of aryl methyl sites for hydroxylation is 1. The van der Waals surface area contributed by atoms with Gasteiger partial charge in [0.1, 0.15) is 5.82 Å². The number of carbonyl (C=O) groups excluding carboxylic acids is 2. The Balaban J connectivity index is 1.75. The molecule has 35 heavy (non-hydrogen) atoms. The molecule has 5 nitrogen and oxygen atoms in total. The molecule has 3 aromatic carbocycles. The van der Waals surface area contributed by atoms with Gasteiger partial charge in [-0.25, -0.2) is 9.18 Å². The first-order chi connectivity index (χ1) is 16.5. The van der Waals surface area contributed by atoms with Crippen LogP contribution in [0.15, 0.2) is 60.7 Å². The Hall–Kier alpha value is -3.82. The summed E-state index contributed by atoms with van der Waals surface area (Å²) in [7, 11) is 0. The van der Waals surface area contributed by atoms with E-state index in [0.717, 1.165) is 5.56 Å². The number of anilines is 2. The summed E-state index contributed by atoms with van der Waals surface area (Å²) < 4.78 is 20.0. The third-order valence-electron chi connectivity index (χ3n) is 4.74. The molecule has 0 radical (unpaired) electrons. The van der Waals surface area contributed by atoms with Gasteiger partial charge in [0.15, 0.2) is 0 Å². The number of carbonyl (C=O) groups is 2. The summed E-state index contributed by atoms with van der Waals surface area (Å²) in [6.45, 7) is 7.72. The van der Waals surface area contributed by atoms with Crippen LogP contribution in [-0.2, 0) is 4.74 Å². The molecular formula is C28H26ClFN2O3. The number of nitrogens with one attached hydrogen (secondary N) is 2. The summed E-state index contributed by atoms with van der Waals surface area (Å²) >= 11 is 6.20. The van der Waals surface area contributed by atoms with Gasteiger partial charge in [0.25, 0.3) is 5.91 Å². The summed E-state index contributed by atoms with van der Waals surface area (Å²) in [5, 5.41) is 5.29. The van der Waals surface area contributed by atoms with E-state index in [1.54, 1.807) is 19.1 Å². The van der Waals surface area contributed by atoms with Crippen LogP contribution in [0.4, 0.5) is 20.6 Å². The van der Waals surface area contributed by atoms with Crippen LogP contribution in [0.3, 0.4) is 0 Å². The number of amides is 2. The third kappa shape index (κ3) is 7.59. The fourth-order valence-corrected chi connectivity index (χ4v) is 3.24. The highest BCUT2D eigenvalue weighted by molar-refractivity contribution is 6.34. The van der Waals surface area contributed by atoms with Crippen molar-refractivity contribution in [1.82, 2.24) is 0 Å². The van der Waals surface area contributed by atoms with Gasteiger partial charge in [-0.1, -0.05) is 62.4 Å². The number of halogens is 2. The average molecular weight is 493 g/mol. The summed E-state index contributed by atoms with van der Waals surface area (Å²) in [6.07, 6.45) is -0.650. The van der Waals surface area contributed by atoms with E-state index in [1.807, 2.05) is 51.1 Å². The molecule has 7 heteroatoms. The van der Waals surface area contributed by atoms with Crippen molar-refractivity contribution in [3.63, 3.8) is 0 Å². The summed E-state index contributed by atoms with van der Waals surface area (Å²) in [4.78, 5) is 24.9. The molecule has 0 aliphatic carbocycles. The highest BCUT2D eigenvalue weighted by atomic mass is 35.5. The van der Waals surface area contributed by atoms with Crippen molar-refractivity contribution in [2.24, 2.45) is 5.41 Å². The van der Waals surface area contributed by atoms with E-state index in [0.29, 0.717) is 16.8 Å². The summed E-state index contributed by atoms with van der Waals surface area (Å²) in [6, 6.07) is 16.8. The monoisotopic (exact) mass is 492 g/mol. The highest BCUT2D eigenvalue weighted by Gasteiger charge is 2.18. The largest absolute Gasteiger partial charge is 0.449 e. The number of hydrogen-bond donors (Lipinski definition) is 2. The molecule has 0 saturated heterocycles. The minimum Gasteiger partial charge on any atom is -0.449 e. The van der Waals surface area contributed by atoms with Gasteiger partial charge in [-0.15, -0.1) is 0 Å². The number of benzene rings is 3. The molecule has 0 aromatic heterocycles. The standard InChI is InChI=1S/C28H26ClFN2O3/c1-18-14-20(11-10-19-8-6-5-7-9-19)15-24(30)25(18)32-26(33)22-16-21(12-13-23(22)29)31-27(34)35-17-28(2,3)4/h5-9,12-16H,17H2,1-4H3,(H,31,34)(H,32,33). The summed E-state index contributed by atoms with van der Waals surface area (Å²) in [5.41, 5.74) is 2.04. The Morgan fingerprint density at radius 1 is 0.971 bits per heavy atom. The van der Waals surface area contributed by atoms with Crippen LogP contribution in [0.2, 0.25) is 5.02 Å².